The zero-order valence-electron chi connectivity index (χ0n) is 22.3. The normalized spacial score (nSPS) is 14.6. The third kappa shape index (κ3) is 6.33. The standard InChI is InChI=1S/C30H29F3N6O/c1-3-22-6-7-24(17-23(22)8-9-27-19-34-28-5-4-10-35-39(27)28)29(40)36-26-16-21(15-25(18-26)30(31,32)33)20-38-13-11-37(2)12-14-38/h4-7,10,15-19H,3,11-14,20H2,1-2H3,(H,36,40). The van der Waals surface area contributed by atoms with Crippen molar-refractivity contribution in [2.75, 3.05) is 38.5 Å². The number of rotatable bonds is 5. The zero-order valence-corrected chi connectivity index (χ0v) is 22.3. The molecular weight excluding hydrogens is 517 g/mol. The molecule has 4 aromatic rings. The molecule has 1 fully saturated rings. The van der Waals surface area contributed by atoms with Crippen LogP contribution in [0.2, 0.25) is 0 Å². The van der Waals surface area contributed by atoms with Gasteiger partial charge in [-0.15, -0.1) is 0 Å². The molecule has 40 heavy (non-hydrogen) atoms. The Hall–Kier alpha value is -4.20. The number of hydrogen-bond donors (Lipinski definition) is 1. The van der Waals surface area contributed by atoms with E-state index in [-0.39, 0.29) is 5.69 Å². The number of carbonyl (C=O) groups excluding carboxylic acids is 1. The van der Waals surface area contributed by atoms with Gasteiger partial charge in [-0.3, -0.25) is 9.69 Å². The Morgan fingerprint density at radius 1 is 1.05 bits per heavy atom. The van der Waals surface area contributed by atoms with Gasteiger partial charge in [0.05, 0.1) is 11.8 Å². The number of carbonyl (C=O) groups is 1. The number of nitrogens with one attached hydrogen (secondary N) is 1. The van der Waals surface area contributed by atoms with E-state index < -0.39 is 17.6 Å². The van der Waals surface area contributed by atoms with E-state index in [0.717, 1.165) is 43.9 Å². The predicted molar refractivity (Wildman–Crippen MR) is 147 cm³/mol. The zero-order chi connectivity index (χ0) is 28.3. The number of likely N-dealkylation sites (N-methyl/N-ethyl adjacent to an activating group) is 1. The second-order valence-corrected chi connectivity index (χ2v) is 9.86. The third-order valence-corrected chi connectivity index (χ3v) is 6.94. The molecule has 0 spiro atoms. The number of amides is 1. The maximum absolute atomic E-state index is 13.7. The van der Waals surface area contributed by atoms with E-state index in [1.54, 1.807) is 41.2 Å². The Kier molecular flexibility index (Phi) is 7.87. The molecule has 0 atom stereocenters. The quantitative estimate of drug-likeness (QED) is 0.368. The summed E-state index contributed by atoms with van der Waals surface area (Å²) >= 11 is 0. The van der Waals surface area contributed by atoms with Crippen molar-refractivity contribution in [3.8, 4) is 11.8 Å². The van der Waals surface area contributed by atoms with Gasteiger partial charge in [-0.25, -0.2) is 9.50 Å². The second-order valence-electron chi connectivity index (χ2n) is 9.86. The smallest absolute Gasteiger partial charge is 0.322 e. The first-order valence-corrected chi connectivity index (χ1v) is 13.1. The molecule has 10 heteroatoms. The Morgan fingerprint density at radius 3 is 2.60 bits per heavy atom. The molecule has 0 unspecified atom stereocenters. The molecule has 1 aliphatic rings. The molecule has 5 rings (SSSR count). The topological polar surface area (TPSA) is 65.8 Å². The molecule has 1 amide bonds. The van der Waals surface area contributed by atoms with Gasteiger partial charge in [-0.2, -0.15) is 18.3 Å². The first-order chi connectivity index (χ1) is 19.2. The van der Waals surface area contributed by atoms with E-state index in [2.05, 4.69) is 37.0 Å². The van der Waals surface area contributed by atoms with Crippen LogP contribution in [0.4, 0.5) is 18.9 Å². The van der Waals surface area contributed by atoms with Crippen LogP contribution in [-0.4, -0.2) is 63.5 Å². The molecule has 0 radical (unpaired) electrons. The number of benzene rings is 2. The monoisotopic (exact) mass is 546 g/mol. The summed E-state index contributed by atoms with van der Waals surface area (Å²) in [7, 11) is 2.02. The van der Waals surface area contributed by atoms with E-state index in [0.29, 0.717) is 41.0 Å². The van der Waals surface area contributed by atoms with Crippen molar-refractivity contribution in [2.24, 2.45) is 0 Å². The highest BCUT2D eigenvalue weighted by Crippen LogP contribution is 2.32. The van der Waals surface area contributed by atoms with Crippen LogP contribution >= 0.6 is 0 Å². The van der Waals surface area contributed by atoms with Crippen molar-refractivity contribution in [2.45, 2.75) is 26.1 Å². The molecule has 2 aromatic heterocycles. The van der Waals surface area contributed by atoms with Crippen LogP contribution in [0.5, 0.6) is 0 Å². The molecule has 3 heterocycles. The fourth-order valence-corrected chi connectivity index (χ4v) is 4.67. The van der Waals surface area contributed by atoms with Crippen LogP contribution < -0.4 is 5.32 Å². The number of alkyl halides is 3. The summed E-state index contributed by atoms with van der Waals surface area (Å²) < 4.78 is 42.8. The summed E-state index contributed by atoms with van der Waals surface area (Å²) in [6.07, 6.45) is -0.562. The highest BCUT2D eigenvalue weighted by molar-refractivity contribution is 6.04. The molecule has 1 aliphatic heterocycles. The number of aromatic nitrogens is 3. The van der Waals surface area contributed by atoms with Crippen molar-refractivity contribution in [1.29, 1.82) is 0 Å². The van der Waals surface area contributed by atoms with Crippen molar-refractivity contribution in [3.05, 3.63) is 94.4 Å². The molecule has 2 aromatic carbocycles. The van der Waals surface area contributed by atoms with Crippen LogP contribution in [0.3, 0.4) is 0 Å². The van der Waals surface area contributed by atoms with Crippen molar-refractivity contribution in [3.63, 3.8) is 0 Å². The number of aryl methyl sites for hydroxylation is 1. The van der Waals surface area contributed by atoms with Crippen LogP contribution in [0, 0.1) is 11.8 Å². The van der Waals surface area contributed by atoms with Gasteiger partial charge in [0.25, 0.3) is 5.91 Å². The number of anilines is 1. The van der Waals surface area contributed by atoms with E-state index in [4.69, 9.17) is 0 Å². The lowest BCUT2D eigenvalue weighted by Crippen LogP contribution is -2.43. The Morgan fingerprint density at radius 2 is 1.85 bits per heavy atom. The average molecular weight is 547 g/mol. The van der Waals surface area contributed by atoms with Crippen LogP contribution in [-0.2, 0) is 19.1 Å². The maximum atomic E-state index is 13.7. The number of nitrogens with zero attached hydrogens (tertiary/aromatic N) is 5. The first-order valence-electron chi connectivity index (χ1n) is 13.1. The van der Waals surface area contributed by atoms with E-state index in [1.807, 2.05) is 26.1 Å². The fraction of sp³-hybridized carbons (Fsp3) is 0.300. The number of hydrogen-bond acceptors (Lipinski definition) is 5. The maximum Gasteiger partial charge on any atom is 0.416 e. The molecule has 7 nitrogen and oxygen atoms in total. The number of halogens is 3. The minimum Gasteiger partial charge on any atom is -0.322 e. The molecule has 0 saturated carbocycles. The summed E-state index contributed by atoms with van der Waals surface area (Å²) in [5, 5.41) is 6.94. The van der Waals surface area contributed by atoms with E-state index >= 15 is 0 Å². The lowest BCUT2D eigenvalue weighted by atomic mass is 10.0. The molecule has 1 saturated heterocycles. The minimum atomic E-state index is -4.53. The van der Waals surface area contributed by atoms with Gasteiger partial charge in [-0.05, 0) is 73.0 Å². The van der Waals surface area contributed by atoms with Gasteiger partial charge in [0.15, 0.2) is 5.65 Å². The van der Waals surface area contributed by atoms with Gasteiger partial charge in [0.1, 0.15) is 5.69 Å². The van der Waals surface area contributed by atoms with E-state index in [1.165, 1.54) is 0 Å². The SMILES string of the molecule is CCc1ccc(C(=O)Nc2cc(CN3CCN(C)CC3)cc(C(F)(F)F)c2)cc1C#Cc1cnc2cccnn12. The molecule has 1 N–H and O–H groups in total. The highest BCUT2D eigenvalue weighted by Gasteiger charge is 2.31. The molecule has 0 bridgehead atoms. The van der Waals surface area contributed by atoms with Crippen molar-refractivity contribution < 1.29 is 18.0 Å². The van der Waals surface area contributed by atoms with E-state index in [9.17, 15) is 18.0 Å². The molecule has 206 valence electrons. The lowest BCUT2D eigenvalue weighted by molar-refractivity contribution is -0.137. The second kappa shape index (κ2) is 11.5. The van der Waals surface area contributed by atoms with Crippen molar-refractivity contribution in [1.82, 2.24) is 24.4 Å². The summed E-state index contributed by atoms with van der Waals surface area (Å²) in [6.45, 7) is 5.62. The fourth-order valence-electron chi connectivity index (χ4n) is 4.67. The van der Waals surface area contributed by atoms with Gasteiger partial charge < -0.3 is 10.2 Å². The number of fused-ring (bicyclic) bond motifs is 1. The summed E-state index contributed by atoms with van der Waals surface area (Å²) in [6, 6.07) is 12.5. The van der Waals surface area contributed by atoms with Crippen molar-refractivity contribution >= 4 is 17.2 Å². The molecule has 0 aliphatic carbocycles. The number of piperazine rings is 1. The predicted octanol–water partition coefficient (Wildman–Crippen LogP) is 4.71. The van der Waals surface area contributed by atoms with Gasteiger partial charge in [-0.1, -0.05) is 18.9 Å². The highest BCUT2D eigenvalue weighted by atomic mass is 19.4. The number of imidazole rings is 1. The van der Waals surface area contributed by atoms with Crippen LogP contribution in [0.15, 0.2) is 60.9 Å². The van der Waals surface area contributed by atoms with Gasteiger partial charge >= 0.3 is 6.18 Å². The largest absolute Gasteiger partial charge is 0.416 e. The first kappa shape index (κ1) is 27.4. The Bertz CT molecular complexity index is 1590. The van der Waals surface area contributed by atoms with Gasteiger partial charge in [0.2, 0.25) is 0 Å². The summed E-state index contributed by atoms with van der Waals surface area (Å²) in [5.74, 6) is 5.68. The lowest BCUT2D eigenvalue weighted by Gasteiger charge is -2.32. The molecular formula is C30H29F3N6O. The Labute approximate surface area is 230 Å². The average Bonchev–Trinajstić information content (AvgIpc) is 3.35. The summed E-state index contributed by atoms with van der Waals surface area (Å²) in [5.41, 5.74) is 2.99. The van der Waals surface area contributed by atoms with Crippen LogP contribution in [0.25, 0.3) is 5.65 Å². The van der Waals surface area contributed by atoms with Crippen LogP contribution in [0.1, 0.15) is 45.2 Å². The Balaban J connectivity index is 1.40. The van der Waals surface area contributed by atoms with Gasteiger partial charge in [0, 0.05) is 55.7 Å². The minimum absolute atomic E-state index is 0.105. The summed E-state index contributed by atoms with van der Waals surface area (Å²) in [4.78, 5) is 21.8. The third-order valence-electron chi connectivity index (χ3n) is 6.94.